The van der Waals surface area contributed by atoms with Gasteiger partial charge in [-0.2, -0.15) is 0 Å². The molecule has 0 spiro atoms. The van der Waals surface area contributed by atoms with E-state index in [0.717, 1.165) is 17.7 Å². The average Bonchev–Trinajstić information content (AvgIpc) is 3.10. The van der Waals surface area contributed by atoms with Gasteiger partial charge in [0.15, 0.2) is 0 Å². The van der Waals surface area contributed by atoms with Crippen molar-refractivity contribution in [3.8, 4) is 5.75 Å². The molecule has 0 aromatic heterocycles. The third-order valence-electron chi connectivity index (χ3n) is 3.13. The molecule has 1 fully saturated rings. The summed E-state index contributed by atoms with van der Waals surface area (Å²) in [7, 11) is 0. The van der Waals surface area contributed by atoms with Gasteiger partial charge in [0.25, 0.3) is 0 Å². The second-order valence-electron chi connectivity index (χ2n) is 4.41. The maximum atomic E-state index is 12.0. The monoisotopic (exact) mass is 293 g/mol. The number of rotatable bonds is 6. The van der Waals surface area contributed by atoms with Gasteiger partial charge in [-0.1, -0.05) is 11.6 Å². The van der Waals surface area contributed by atoms with Crippen LogP contribution >= 0.6 is 24.0 Å². The summed E-state index contributed by atoms with van der Waals surface area (Å²) in [5, 5.41) is 0.709. The molecule has 1 aliphatic rings. The van der Waals surface area contributed by atoms with Crippen molar-refractivity contribution in [2.45, 2.75) is 18.8 Å². The molecule has 0 saturated heterocycles. The molecule has 1 saturated carbocycles. The third-order valence-corrected chi connectivity index (χ3v) is 3.37. The Hall–Kier alpha value is -0.510. The molecule has 1 aromatic carbocycles. The molecular formula is C13H18Cl2FNO. The van der Waals surface area contributed by atoms with Gasteiger partial charge >= 0.3 is 0 Å². The standard InChI is InChI=1S/C13H17ClFNO.ClH/c14-10-2-3-13(17-5-1-4-15)12(7-10)11-6-9(11)8-16;/h2-3,7,9,11H,1,4-6,8,16H2;1H/t9-,11+;/m1./s1. The van der Waals surface area contributed by atoms with Gasteiger partial charge in [-0.25, -0.2) is 0 Å². The van der Waals surface area contributed by atoms with E-state index >= 15 is 0 Å². The van der Waals surface area contributed by atoms with Crippen LogP contribution in [-0.4, -0.2) is 19.8 Å². The number of hydrogen-bond acceptors (Lipinski definition) is 2. The van der Waals surface area contributed by atoms with Crippen LogP contribution in [0.3, 0.4) is 0 Å². The molecule has 0 aliphatic heterocycles. The Morgan fingerprint density at radius 1 is 1.44 bits per heavy atom. The highest BCUT2D eigenvalue weighted by Gasteiger charge is 2.38. The summed E-state index contributed by atoms with van der Waals surface area (Å²) in [6.45, 7) is 0.754. The van der Waals surface area contributed by atoms with E-state index in [1.54, 1.807) is 6.07 Å². The first kappa shape index (κ1) is 15.5. The fraction of sp³-hybridized carbons (Fsp3) is 0.538. The summed E-state index contributed by atoms with van der Waals surface area (Å²) >= 11 is 5.99. The van der Waals surface area contributed by atoms with Gasteiger partial charge in [0.1, 0.15) is 5.75 Å². The van der Waals surface area contributed by atoms with Gasteiger partial charge in [0, 0.05) is 11.4 Å². The molecule has 2 rings (SSSR count). The first-order valence-corrected chi connectivity index (χ1v) is 6.32. The quantitative estimate of drug-likeness (QED) is 0.814. The van der Waals surface area contributed by atoms with Gasteiger partial charge in [-0.15, -0.1) is 12.4 Å². The van der Waals surface area contributed by atoms with E-state index in [1.807, 2.05) is 12.1 Å². The zero-order valence-electron chi connectivity index (χ0n) is 10.1. The number of nitrogens with two attached hydrogens (primary N) is 1. The van der Waals surface area contributed by atoms with Crippen LogP contribution in [0.5, 0.6) is 5.75 Å². The van der Waals surface area contributed by atoms with Crippen molar-refractivity contribution in [1.82, 2.24) is 0 Å². The molecule has 2 atom stereocenters. The second kappa shape index (κ2) is 7.17. The number of hydrogen-bond donors (Lipinski definition) is 1. The number of benzene rings is 1. The molecule has 0 radical (unpaired) electrons. The molecule has 5 heteroatoms. The lowest BCUT2D eigenvalue weighted by molar-refractivity contribution is 0.287. The van der Waals surface area contributed by atoms with Crippen molar-refractivity contribution in [2.24, 2.45) is 11.7 Å². The number of halogens is 3. The molecule has 0 heterocycles. The highest BCUT2D eigenvalue weighted by molar-refractivity contribution is 6.30. The summed E-state index contributed by atoms with van der Waals surface area (Å²) in [6.07, 6.45) is 1.52. The minimum absolute atomic E-state index is 0. The Labute approximate surface area is 118 Å². The minimum Gasteiger partial charge on any atom is -0.493 e. The Balaban J connectivity index is 0.00000162. The van der Waals surface area contributed by atoms with Crippen LogP contribution in [0.25, 0.3) is 0 Å². The predicted octanol–water partition coefficient (Wildman–Crippen LogP) is 3.56. The maximum Gasteiger partial charge on any atom is 0.122 e. The molecular weight excluding hydrogens is 276 g/mol. The Morgan fingerprint density at radius 2 is 2.22 bits per heavy atom. The van der Waals surface area contributed by atoms with Gasteiger partial charge in [-0.3, -0.25) is 4.39 Å². The molecule has 0 unspecified atom stereocenters. The van der Waals surface area contributed by atoms with E-state index in [9.17, 15) is 4.39 Å². The Bertz CT molecular complexity index is 389. The zero-order valence-corrected chi connectivity index (χ0v) is 11.6. The van der Waals surface area contributed by atoms with Gasteiger partial charge in [-0.05, 0) is 48.6 Å². The molecule has 102 valence electrons. The van der Waals surface area contributed by atoms with Crippen LogP contribution < -0.4 is 10.5 Å². The topological polar surface area (TPSA) is 35.2 Å². The van der Waals surface area contributed by atoms with Crippen molar-refractivity contribution in [1.29, 1.82) is 0 Å². The molecule has 1 aliphatic carbocycles. The third kappa shape index (κ3) is 3.74. The molecule has 1 aromatic rings. The summed E-state index contributed by atoms with van der Waals surface area (Å²) < 4.78 is 17.6. The molecule has 2 nitrogen and oxygen atoms in total. The zero-order chi connectivity index (χ0) is 12.3. The van der Waals surface area contributed by atoms with Crippen molar-refractivity contribution in [2.75, 3.05) is 19.8 Å². The van der Waals surface area contributed by atoms with E-state index in [1.165, 1.54) is 0 Å². The largest absolute Gasteiger partial charge is 0.493 e. The van der Waals surface area contributed by atoms with E-state index in [0.29, 0.717) is 36.4 Å². The van der Waals surface area contributed by atoms with E-state index < -0.39 is 0 Å². The van der Waals surface area contributed by atoms with Crippen molar-refractivity contribution >= 4 is 24.0 Å². The minimum atomic E-state index is -0.349. The van der Waals surface area contributed by atoms with Crippen molar-refractivity contribution < 1.29 is 9.13 Å². The van der Waals surface area contributed by atoms with Crippen LogP contribution in [-0.2, 0) is 0 Å². The first-order chi connectivity index (χ1) is 8.26. The smallest absolute Gasteiger partial charge is 0.122 e. The highest BCUT2D eigenvalue weighted by Crippen LogP contribution is 2.50. The lowest BCUT2D eigenvalue weighted by atomic mass is 10.1. The normalized spacial score (nSPS) is 21.3. The molecule has 18 heavy (non-hydrogen) atoms. The van der Waals surface area contributed by atoms with Crippen LogP contribution in [0.4, 0.5) is 4.39 Å². The lowest BCUT2D eigenvalue weighted by Crippen LogP contribution is -2.04. The molecule has 0 amide bonds. The summed E-state index contributed by atoms with van der Waals surface area (Å²) in [5.74, 6) is 1.82. The highest BCUT2D eigenvalue weighted by atomic mass is 35.5. The fourth-order valence-electron chi connectivity index (χ4n) is 2.07. The summed E-state index contributed by atoms with van der Waals surface area (Å²) in [6, 6.07) is 5.60. The Kier molecular flexibility index (Phi) is 6.19. The van der Waals surface area contributed by atoms with Crippen molar-refractivity contribution in [3.05, 3.63) is 28.8 Å². The van der Waals surface area contributed by atoms with Crippen LogP contribution in [0.1, 0.15) is 24.3 Å². The lowest BCUT2D eigenvalue weighted by Gasteiger charge is -2.11. The second-order valence-corrected chi connectivity index (χ2v) is 4.85. The van der Waals surface area contributed by atoms with Gasteiger partial charge < -0.3 is 10.5 Å². The molecule has 2 N–H and O–H groups in total. The first-order valence-electron chi connectivity index (χ1n) is 5.94. The van der Waals surface area contributed by atoms with Crippen molar-refractivity contribution in [3.63, 3.8) is 0 Å². The predicted molar refractivity (Wildman–Crippen MR) is 74.7 cm³/mol. The van der Waals surface area contributed by atoms with E-state index in [4.69, 9.17) is 22.1 Å². The van der Waals surface area contributed by atoms with Crippen LogP contribution in [0, 0.1) is 5.92 Å². The summed E-state index contributed by atoms with van der Waals surface area (Å²) in [4.78, 5) is 0. The molecule has 0 bridgehead atoms. The summed E-state index contributed by atoms with van der Waals surface area (Å²) in [5.41, 5.74) is 6.77. The van der Waals surface area contributed by atoms with Crippen LogP contribution in [0.15, 0.2) is 18.2 Å². The fourth-order valence-corrected chi connectivity index (χ4v) is 2.25. The van der Waals surface area contributed by atoms with Gasteiger partial charge in [0.2, 0.25) is 0 Å². The average molecular weight is 294 g/mol. The van der Waals surface area contributed by atoms with Crippen LogP contribution in [0.2, 0.25) is 5.02 Å². The Morgan fingerprint density at radius 3 is 2.83 bits per heavy atom. The van der Waals surface area contributed by atoms with Gasteiger partial charge in [0.05, 0.1) is 13.3 Å². The van der Waals surface area contributed by atoms with E-state index in [2.05, 4.69) is 0 Å². The number of alkyl halides is 1. The van der Waals surface area contributed by atoms with E-state index in [-0.39, 0.29) is 19.1 Å². The number of ether oxygens (including phenoxy) is 1. The SMILES string of the molecule is Cl.NC[C@H]1C[C@@H]1c1cc(Cl)ccc1OCCCF. The maximum absolute atomic E-state index is 12.0.